The number of carbonyl (C=O) groups excluding carboxylic acids is 1. The van der Waals surface area contributed by atoms with Crippen LogP contribution in [0, 0.1) is 0 Å². The van der Waals surface area contributed by atoms with Crippen LogP contribution in [0.5, 0.6) is 5.75 Å². The molecule has 0 aromatic heterocycles. The molecule has 2 rings (SSSR count). The summed E-state index contributed by atoms with van der Waals surface area (Å²) in [6.45, 7) is 0.311. The van der Waals surface area contributed by atoms with E-state index in [1.165, 1.54) is 6.08 Å². The van der Waals surface area contributed by atoms with E-state index in [9.17, 15) is 9.90 Å². The lowest BCUT2D eigenvalue weighted by Gasteiger charge is -2.23. The molecule has 0 heterocycles. The van der Waals surface area contributed by atoms with Crippen molar-refractivity contribution in [3.8, 4) is 5.75 Å². The monoisotopic (exact) mass is 325 g/mol. The lowest BCUT2D eigenvalue weighted by molar-refractivity contribution is -0.139. The zero-order valence-corrected chi connectivity index (χ0v) is 14.1. The number of ether oxygens (including phenoxy) is 1. The highest BCUT2D eigenvalue weighted by molar-refractivity contribution is 5.87. The first-order valence-electron chi connectivity index (χ1n) is 7.89. The average Bonchev–Trinajstić information content (AvgIpc) is 2.59. The Morgan fingerprint density at radius 3 is 2.42 bits per heavy atom. The number of hydrogen-bond acceptors (Lipinski definition) is 4. The molecule has 0 bridgehead atoms. The predicted molar refractivity (Wildman–Crippen MR) is 95.7 cm³/mol. The summed E-state index contributed by atoms with van der Waals surface area (Å²) in [6.07, 6.45) is 3.93. The van der Waals surface area contributed by atoms with Crippen LogP contribution in [0.1, 0.15) is 11.1 Å². The summed E-state index contributed by atoms with van der Waals surface area (Å²) in [7, 11) is 3.91. The fourth-order valence-corrected chi connectivity index (χ4v) is 2.25. The minimum absolute atomic E-state index is 0.0728. The fraction of sp³-hybridized carbons (Fsp3) is 0.250. The van der Waals surface area contributed by atoms with Gasteiger partial charge in [0.25, 0.3) is 0 Å². The summed E-state index contributed by atoms with van der Waals surface area (Å²) in [6, 6.07) is 16.8. The van der Waals surface area contributed by atoms with Gasteiger partial charge in [-0.15, -0.1) is 0 Å². The van der Waals surface area contributed by atoms with E-state index in [0.29, 0.717) is 6.61 Å². The molecule has 4 nitrogen and oxygen atoms in total. The number of phenolic OH excluding ortho intramolecular Hbond substituents is 1. The number of benzene rings is 2. The molecule has 0 radical (unpaired) electrons. The molecule has 2 aromatic rings. The molecule has 0 unspecified atom stereocenters. The van der Waals surface area contributed by atoms with Gasteiger partial charge >= 0.3 is 5.97 Å². The number of nitrogens with zero attached hydrogens (tertiary/aromatic N) is 1. The molecule has 0 fully saturated rings. The van der Waals surface area contributed by atoms with E-state index < -0.39 is 0 Å². The molecule has 0 spiro atoms. The molecule has 2 aromatic carbocycles. The summed E-state index contributed by atoms with van der Waals surface area (Å²) < 4.78 is 5.37. The molecular weight excluding hydrogens is 302 g/mol. The van der Waals surface area contributed by atoms with E-state index in [-0.39, 0.29) is 17.8 Å². The molecule has 0 amide bonds. The van der Waals surface area contributed by atoms with Gasteiger partial charge in [0.05, 0.1) is 0 Å². The molecule has 0 aliphatic carbocycles. The summed E-state index contributed by atoms with van der Waals surface area (Å²) in [5.74, 6) is -0.103. The molecule has 126 valence electrons. The van der Waals surface area contributed by atoms with Crippen LogP contribution in [0.4, 0.5) is 0 Å². The summed E-state index contributed by atoms with van der Waals surface area (Å²) >= 11 is 0. The maximum atomic E-state index is 11.9. The number of hydrogen-bond donors (Lipinski definition) is 1. The second-order valence-electron chi connectivity index (χ2n) is 5.86. The summed E-state index contributed by atoms with van der Waals surface area (Å²) in [5, 5.41) is 9.34. The van der Waals surface area contributed by atoms with Gasteiger partial charge in [-0.3, -0.25) is 0 Å². The first kappa shape index (κ1) is 17.8. The Bertz CT molecular complexity index is 663. The van der Waals surface area contributed by atoms with Crippen molar-refractivity contribution in [2.45, 2.75) is 12.5 Å². The minimum atomic E-state index is -0.351. The lowest BCUT2D eigenvalue weighted by atomic mass is 10.1. The highest BCUT2D eigenvalue weighted by Crippen LogP contribution is 2.13. The van der Waals surface area contributed by atoms with Gasteiger partial charge in [0.15, 0.2) is 0 Å². The van der Waals surface area contributed by atoms with E-state index in [2.05, 4.69) is 0 Å². The van der Waals surface area contributed by atoms with Gasteiger partial charge in [0.2, 0.25) is 0 Å². The van der Waals surface area contributed by atoms with E-state index in [0.717, 1.165) is 17.5 Å². The average molecular weight is 325 g/mol. The van der Waals surface area contributed by atoms with E-state index >= 15 is 0 Å². The predicted octanol–water partition coefficient (Wildman–Crippen LogP) is 3.12. The van der Waals surface area contributed by atoms with E-state index in [1.54, 1.807) is 18.2 Å². The van der Waals surface area contributed by atoms with Crippen LogP contribution in [0.3, 0.4) is 0 Å². The topological polar surface area (TPSA) is 49.8 Å². The third-order valence-electron chi connectivity index (χ3n) is 3.77. The quantitative estimate of drug-likeness (QED) is 0.628. The van der Waals surface area contributed by atoms with Crippen LogP contribution >= 0.6 is 0 Å². The van der Waals surface area contributed by atoms with Crippen LogP contribution in [0.15, 0.2) is 60.7 Å². The van der Waals surface area contributed by atoms with Crippen molar-refractivity contribution in [1.29, 1.82) is 0 Å². The fourth-order valence-electron chi connectivity index (χ4n) is 2.25. The normalized spacial score (nSPS) is 12.5. The third-order valence-corrected chi connectivity index (χ3v) is 3.77. The maximum absolute atomic E-state index is 11.9. The minimum Gasteiger partial charge on any atom is -0.508 e. The molecule has 0 aliphatic heterocycles. The van der Waals surface area contributed by atoms with Crippen LogP contribution in [0.2, 0.25) is 0 Å². The highest BCUT2D eigenvalue weighted by Gasteiger charge is 2.14. The standard InChI is InChI=1S/C20H23NO3/c1-21(2)18(14-17-8-11-19(22)12-9-17)15-24-20(23)13-10-16-6-4-3-5-7-16/h3-13,18,22H,14-15H2,1-2H3/t18-/m0/s1. The lowest BCUT2D eigenvalue weighted by Crippen LogP contribution is -2.35. The van der Waals surface area contributed by atoms with Crippen molar-refractivity contribution in [2.75, 3.05) is 20.7 Å². The number of carbonyl (C=O) groups is 1. The molecular formula is C20H23NO3. The van der Waals surface area contributed by atoms with Gasteiger partial charge in [0.1, 0.15) is 12.4 Å². The Kier molecular flexibility index (Phi) is 6.58. The van der Waals surface area contributed by atoms with Crippen molar-refractivity contribution in [3.05, 3.63) is 71.8 Å². The highest BCUT2D eigenvalue weighted by atomic mass is 16.5. The first-order valence-corrected chi connectivity index (χ1v) is 7.89. The Morgan fingerprint density at radius 2 is 1.79 bits per heavy atom. The van der Waals surface area contributed by atoms with Crippen LogP contribution in [-0.4, -0.2) is 42.7 Å². The van der Waals surface area contributed by atoms with Crippen molar-refractivity contribution < 1.29 is 14.6 Å². The van der Waals surface area contributed by atoms with Crippen LogP contribution in [0.25, 0.3) is 6.08 Å². The zero-order valence-electron chi connectivity index (χ0n) is 14.1. The van der Waals surface area contributed by atoms with Gasteiger partial charge in [-0.2, -0.15) is 0 Å². The largest absolute Gasteiger partial charge is 0.508 e. The van der Waals surface area contributed by atoms with Crippen molar-refractivity contribution in [3.63, 3.8) is 0 Å². The molecule has 0 saturated heterocycles. The Hall–Kier alpha value is -2.59. The van der Waals surface area contributed by atoms with Gasteiger partial charge < -0.3 is 14.7 Å². The second-order valence-corrected chi connectivity index (χ2v) is 5.86. The molecule has 0 aliphatic rings. The number of phenols is 1. The van der Waals surface area contributed by atoms with E-state index in [1.807, 2.05) is 61.5 Å². The Balaban J connectivity index is 1.87. The van der Waals surface area contributed by atoms with Gasteiger partial charge in [-0.1, -0.05) is 42.5 Å². The third kappa shape index (κ3) is 5.89. The zero-order chi connectivity index (χ0) is 17.4. The van der Waals surface area contributed by atoms with Gasteiger partial charge in [-0.25, -0.2) is 4.79 Å². The van der Waals surface area contributed by atoms with Crippen molar-refractivity contribution in [2.24, 2.45) is 0 Å². The first-order chi connectivity index (χ1) is 11.5. The molecule has 24 heavy (non-hydrogen) atoms. The van der Waals surface area contributed by atoms with Gasteiger partial charge in [0, 0.05) is 12.1 Å². The Morgan fingerprint density at radius 1 is 1.12 bits per heavy atom. The van der Waals surface area contributed by atoms with Crippen LogP contribution in [-0.2, 0) is 16.0 Å². The SMILES string of the molecule is CN(C)[C@H](COC(=O)C=Cc1ccccc1)Cc1ccc(O)cc1. The number of likely N-dealkylation sites (N-methyl/N-ethyl adjacent to an activating group) is 1. The number of esters is 1. The summed E-state index contributed by atoms with van der Waals surface area (Å²) in [4.78, 5) is 13.9. The molecule has 0 saturated carbocycles. The number of rotatable bonds is 7. The maximum Gasteiger partial charge on any atom is 0.330 e. The smallest absolute Gasteiger partial charge is 0.330 e. The molecule has 4 heteroatoms. The summed E-state index contributed by atoms with van der Waals surface area (Å²) in [5.41, 5.74) is 2.05. The van der Waals surface area contributed by atoms with Gasteiger partial charge in [-0.05, 0) is 49.9 Å². The van der Waals surface area contributed by atoms with E-state index in [4.69, 9.17) is 4.74 Å². The second kappa shape index (κ2) is 8.89. The van der Waals surface area contributed by atoms with Crippen molar-refractivity contribution in [1.82, 2.24) is 4.90 Å². The number of aromatic hydroxyl groups is 1. The Labute approximate surface area is 143 Å². The van der Waals surface area contributed by atoms with Crippen molar-refractivity contribution >= 4 is 12.0 Å². The molecule has 1 N–H and O–H groups in total. The van der Waals surface area contributed by atoms with Crippen LogP contribution < -0.4 is 0 Å². The molecule has 1 atom stereocenters.